The topological polar surface area (TPSA) is 33.3 Å². The van der Waals surface area contributed by atoms with E-state index in [0.29, 0.717) is 36.5 Å². The highest BCUT2D eigenvalue weighted by atomic mass is 19.1. The minimum atomic E-state index is -0.376. The van der Waals surface area contributed by atoms with E-state index in [1.165, 1.54) is 25.0 Å². The molecule has 2 N–H and O–H groups in total. The van der Waals surface area contributed by atoms with Crippen LogP contribution in [0.5, 0.6) is 0 Å². The van der Waals surface area contributed by atoms with Crippen molar-refractivity contribution in [3.05, 3.63) is 35.4 Å². The first-order chi connectivity index (χ1) is 10.7. The van der Waals surface area contributed by atoms with E-state index in [9.17, 15) is 8.78 Å². The fourth-order valence-electron chi connectivity index (χ4n) is 3.71. The Morgan fingerprint density at radius 1 is 1.27 bits per heavy atom. The number of nitrogens with one attached hydrogen (secondary N) is 2. The smallest absolute Gasteiger partial charge is 0.126 e. The van der Waals surface area contributed by atoms with E-state index in [1.54, 1.807) is 0 Å². The van der Waals surface area contributed by atoms with E-state index in [2.05, 4.69) is 10.6 Å². The second kappa shape index (κ2) is 7.49. The maximum absolute atomic E-state index is 13.6. The molecule has 1 aliphatic carbocycles. The molecular weight excluding hydrogens is 286 g/mol. The summed E-state index contributed by atoms with van der Waals surface area (Å²) < 4.78 is 32.4. The predicted molar refractivity (Wildman–Crippen MR) is 81.8 cm³/mol. The van der Waals surface area contributed by atoms with Crippen LogP contribution in [0.1, 0.15) is 24.8 Å². The summed E-state index contributed by atoms with van der Waals surface area (Å²) in [4.78, 5) is 0. The fraction of sp³-hybridized carbons (Fsp3) is 0.647. The second-order valence-corrected chi connectivity index (χ2v) is 6.28. The minimum Gasteiger partial charge on any atom is -0.379 e. The van der Waals surface area contributed by atoms with Gasteiger partial charge in [0.2, 0.25) is 0 Å². The molecule has 1 saturated heterocycles. The van der Waals surface area contributed by atoms with Gasteiger partial charge in [0, 0.05) is 18.6 Å². The maximum Gasteiger partial charge on any atom is 0.126 e. The third-order valence-electron chi connectivity index (χ3n) is 4.85. The summed E-state index contributed by atoms with van der Waals surface area (Å²) in [5, 5.41) is 7.08. The first kappa shape index (κ1) is 15.8. The largest absolute Gasteiger partial charge is 0.379 e. The Labute approximate surface area is 130 Å². The van der Waals surface area contributed by atoms with Gasteiger partial charge >= 0.3 is 0 Å². The van der Waals surface area contributed by atoms with E-state index in [-0.39, 0.29) is 11.6 Å². The van der Waals surface area contributed by atoms with Crippen molar-refractivity contribution in [2.75, 3.05) is 26.3 Å². The average Bonchev–Trinajstić information content (AvgIpc) is 3.00. The van der Waals surface area contributed by atoms with Crippen LogP contribution in [-0.2, 0) is 11.2 Å². The summed E-state index contributed by atoms with van der Waals surface area (Å²) in [7, 11) is 0. The van der Waals surface area contributed by atoms with Crippen LogP contribution >= 0.6 is 0 Å². The Bertz CT molecular complexity index is 492. The van der Waals surface area contributed by atoms with E-state index >= 15 is 0 Å². The minimum absolute atomic E-state index is 0.325. The molecule has 0 spiro atoms. The molecule has 1 aliphatic heterocycles. The van der Waals surface area contributed by atoms with Crippen molar-refractivity contribution < 1.29 is 13.5 Å². The van der Waals surface area contributed by atoms with E-state index in [4.69, 9.17) is 4.74 Å². The summed E-state index contributed by atoms with van der Waals surface area (Å²) in [6.45, 7) is 3.17. The summed E-state index contributed by atoms with van der Waals surface area (Å²) in [5.74, 6) is -0.134. The van der Waals surface area contributed by atoms with E-state index in [1.807, 2.05) is 0 Å². The van der Waals surface area contributed by atoms with Gasteiger partial charge in [-0.3, -0.25) is 0 Å². The molecule has 0 radical (unpaired) electrons. The summed E-state index contributed by atoms with van der Waals surface area (Å²) in [6, 6.07) is 4.51. The van der Waals surface area contributed by atoms with Gasteiger partial charge in [0.15, 0.2) is 0 Å². The number of hydrogen-bond donors (Lipinski definition) is 2. The van der Waals surface area contributed by atoms with Crippen molar-refractivity contribution in [2.24, 2.45) is 5.92 Å². The SMILES string of the molecule is Fc1ccc(F)c(CCNC2CCCC2C2COCCN2)c1. The van der Waals surface area contributed by atoms with Crippen LogP contribution in [0.4, 0.5) is 8.78 Å². The highest BCUT2D eigenvalue weighted by Gasteiger charge is 2.34. The molecule has 0 amide bonds. The Hall–Kier alpha value is -1.04. The predicted octanol–water partition coefficient (Wildman–Crippen LogP) is 2.25. The zero-order valence-electron chi connectivity index (χ0n) is 12.8. The lowest BCUT2D eigenvalue weighted by molar-refractivity contribution is 0.0526. The van der Waals surface area contributed by atoms with Crippen LogP contribution in [0, 0.1) is 17.6 Å². The number of morpholine rings is 1. The van der Waals surface area contributed by atoms with Gasteiger partial charge in [-0.15, -0.1) is 0 Å². The quantitative estimate of drug-likeness (QED) is 0.875. The first-order valence-electron chi connectivity index (χ1n) is 8.22. The van der Waals surface area contributed by atoms with Crippen molar-refractivity contribution in [1.82, 2.24) is 10.6 Å². The Morgan fingerprint density at radius 2 is 2.18 bits per heavy atom. The number of rotatable bonds is 5. The molecule has 0 bridgehead atoms. The molecule has 1 aromatic carbocycles. The molecule has 3 atom stereocenters. The van der Waals surface area contributed by atoms with Crippen LogP contribution in [0.3, 0.4) is 0 Å². The average molecular weight is 310 g/mol. The van der Waals surface area contributed by atoms with Gasteiger partial charge in [0.05, 0.1) is 13.2 Å². The van der Waals surface area contributed by atoms with Gasteiger partial charge in [0.1, 0.15) is 11.6 Å². The standard InChI is InChI=1S/C17H24F2N2O/c18-13-4-5-15(19)12(10-13)6-7-20-16-3-1-2-14(16)17-11-22-9-8-21-17/h4-5,10,14,16-17,20-21H,1-3,6-9,11H2. The molecule has 1 heterocycles. The normalized spacial score (nSPS) is 28.9. The van der Waals surface area contributed by atoms with Crippen LogP contribution in [-0.4, -0.2) is 38.4 Å². The van der Waals surface area contributed by atoms with Crippen molar-refractivity contribution in [3.63, 3.8) is 0 Å². The zero-order valence-corrected chi connectivity index (χ0v) is 12.8. The second-order valence-electron chi connectivity index (χ2n) is 6.28. The van der Waals surface area contributed by atoms with Gasteiger partial charge in [-0.25, -0.2) is 8.78 Å². The third-order valence-corrected chi connectivity index (χ3v) is 4.85. The highest BCUT2D eigenvalue weighted by molar-refractivity contribution is 5.19. The van der Waals surface area contributed by atoms with Gasteiger partial charge in [-0.1, -0.05) is 6.42 Å². The molecule has 3 rings (SSSR count). The molecule has 22 heavy (non-hydrogen) atoms. The summed E-state index contributed by atoms with van der Waals surface area (Å²) in [6.07, 6.45) is 4.08. The first-order valence-corrected chi connectivity index (χ1v) is 8.22. The maximum atomic E-state index is 13.6. The number of hydrogen-bond acceptors (Lipinski definition) is 3. The molecule has 5 heteroatoms. The molecule has 0 aromatic heterocycles. The zero-order chi connectivity index (χ0) is 15.4. The molecule has 1 aromatic rings. The number of benzene rings is 1. The lowest BCUT2D eigenvalue weighted by Gasteiger charge is -2.33. The Morgan fingerprint density at radius 3 is 3.00 bits per heavy atom. The Balaban J connectivity index is 1.51. The van der Waals surface area contributed by atoms with Gasteiger partial charge in [-0.05, 0) is 55.5 Å². The van der Waals surface area contributed by atoms with Gasteiger partial charge < -0.3 is 15.4 Å². The fourth-order valence-corrected chi connectivity index (χ4v) is 3.71. The molecule has 3 unspecified atom stereocenters. The Kier molecular flexibility index (Phi) is 5.39. The van der Waals surface area contributed by atoms with Crippen molar-refractivity contribution in [1.29, 1.82) is 0 Å². The molecule has 1 saturated carbocycles. The molecule has 2 aliphatic rings. The monoisotopic (exact) mass is 310 g/mol. The van der Waals surface area contributed by atoms with Gasteiger partial charge in [0.25, 0.3) is 0 Å². The molecule has 2 fully saturated rings. The lowest BCUT2D eigenvalue weighted by Crippen LogP contribution is -2.51. The van der Waals surface area contributed by atoms with Gasteiger partial charge in [-0.2, -0.15) is 0 Å². The van der Waals surface area contributed by atoms with Crippen molar-refractivity contribution in [2.45, 2.75) is 37.8 Å². The van der Waals surface area contributed by atoms with Crippen LogP contribution in [0.15, 0.2) is 18.2 Å². The van der Waals surface area contributed by atoms with Crippen LogP contribution in [0.25, 0.3) is 0 Å². The molecular formula is C17H24F2N2O. The van der Waals surface area contributed by atoms with E-state index in [0.717, 1.165) is 32.2 Å². The lowest BCUT2D eigenvalue weighted by atomic mass is 9.94. The summed E-state index contributed by atoms with van der Waals surface area (Å²) >= 11 is 0. The molecule has 122 valence electrons. The van der Waals surface area contributed by atoms with Crippen molar-refractivity contribution >= 4 is 0 Å². The third kappa shape index (κ3) is 3.83. The van der Waals surface area contributed by atoms with Crippen LogP contribution < -0.4 is 10.6 Å². The van der Waals surface area contributed by atoms with E-state index < -0.39 is 0 Å². The highest BCUT2D eigenvalue weighted by Crippen LogP contribution is 2.29. The van der Waals surface area contributed by atoms with Crippen molar-refractivity contribution in [3.8, 4) is 0 Å². The number of halogens is 2. The summed E-state index contributed by atoms with van der Waals surface area (Å²) in [5.41, 5.74) is 0.446. The number of ether oxygens (including phenoxy) is 1. The molecule has 3 nitrogen and oxygen atoms in total. The van der Waals surface area contributed by atoms with Crippen LogP contribution in [0.2, 0.25) is 0 Å².